The van der Waals surface area contributed by atoms with E-state index in [1.165, 1.54) is 30.5 Å². The fourth-order valence-corrected chi connectivity index (χ4v) is 2.54. The maximum atomic E-state index is 4.98. The molecule has 1 unspecified atom stereocenters. The van der Waals surface area contributed by atoms with E-state index in [0.29, 0.717) is 5.92 Å². The minimum absolute atomic E-state index is 0.623. The fourth-order valence-electron chi connectivity index (χ4n) is 2.54. The van der Waals surface area contributed by atoms with Gasteiger partial charge in [-0.3, -0.25) is 4.99 Å². The molecule has 1 aliphatic rings. The van der Waals surface area contributed by atoms with E-state index in [1.54, 1.807) is 7.11 Å². The molecule has 1 rings (SSSR count). The molecule has 0 aliphatic heterocycles. The Labute approximate surface area is 175 Å². The highest BCUT2D eigenvalue weighted by Crippen LogP contribution is 2.30. The Morgan fingerprint density at radius 2 is 1.93 bits per heavy atom. The van der Waals surface area contributed by atoms with Gasteiger partial charge < -0.3 is 10.1 Å². The third-order valence-corrected chi connectivity index (χ3v) is 4.49. The van der Waals surface area contributed by atoms with Crippen molar-refractivity contribution >= 4 is 5.71 Å². The highest BCUT2D eigenvalue weighted by Gasteiger charge is 2.16. The van der Waals surface area contributed by atoms with Gasteiger partial charge in [-0.25, -0.2) is 0 Å². The smallest absolute Gasteiger partial charge is 0.0887 e. The fraction of sp³-hybridized carbons (Fsp3) is 0.640. The molecule has 0 radical (unpaired) electrons. The highest BCUT2D eigenvalue weighted by molar-refractivity contribution is 5.97. The van der Waals surface area contributed by atoms with Gasteiger partial charge in [0.15, 0.2) is 0 Å². The summed E-state index contributed by atoms with van der Waals surface area (Å²) in [4.78, 5) is 4.69. The maximum Gasteiger partial charge on any atom is 0.0887 e. The number of hydrogen-bond acceptors (Lipinski definition) is 3. The van der Waals surface area contributed by atoms with Gasteiger partial charge in [-0.15, -0.1) is 0 Å². The van der Waals surface area contributed by atoms with Crippen molar-refractivity contribution in [2.24, 2.45) is 10.9 Å². The molecule has 0 aromatic rings. The van der Waals surface area contributed by atoms with Crippen LogP contribution in [-0.4, -0.2) is 19.4 Å². The molecular formula is C25H46N2O. The Morgan fingerprint density at radius 3 is 2.43 bits per heavy atom. The molecule has 1 aliphatic carbocycles. The number of aliphatic imine (C=N–C) groups is 1. The summed E-state index contributed by atoms with van der Waals surface area (Å²) < 4.78 is 4.98. The van der Waals surface area contributed by atoms with Crippen molar-refractivity contribution in [1.82, 2.24) is 5.32 Å². The second-order valence-electron chi connectivity index (χ2n) is 7.05. The zero-order chi connectivity index (χ0) is 21.9. The number of nitrogens with one attached hydrogen (secondary N) is 1. The SMILES string of the molecule is C=C(C)C(C)=NC1=C(C)CCCC1C.CC.CCCN/C=C\C/C=C(\C)OC. The van der Waals surface area contributed by atoms with Crippen molar-refractivity contribution in [2.75, 3.05) is 13.7 Å². The quantitative estimate of drug-likeness (QED) is 0.263. The summed E-state index contributed by atoms with van der Waals surface area (Å²) in [5.74, 6) is 1.59. The Balaban J connectivity index is 0. The van der Waals surface area contributed by atoms with E-state index >= 15 is 0 Å². The number of allylic oxidation sites excluding steroid dienone is 6. The molecule has 0 aromatic heterocycles. The van der Waals surface area contributed by atoms with Gasteiger partial charge >= 0.3 is 0 Å². The van der Waals surface area contributed by atoms with Crippen molar-refractivity contribution in [2.45, 2.75) is 87.5 Å². The monoisotopic (exact) mass is 390 g/mol. The topological polar surface area (TPSA) is 33.6 Å². The van der Waals surface area contributed by atoms with Gasteiger partial charge in [-0.1, -0.05) is 45.9 Å². The van der Waals surface area contributed by atoms with Crippen molar-refractivity contribution < 1.29 is 4.74 Å². The van der Waals surface area contributed by atoms with Gasteiger partial charge in [0.25, 0.3) is 0 Å². The lowest BCUT2D eigenvalue weighted by molar-refractivity contribution is 0.292. The van der Waals surface area contributed by atoms with Crippen molar-refractivity contribution in [3.8, 4) is 0 Å². The summed E-state index contributed by atoms with van der Waals surface area (Å²) in [6.45, 7) is 21.6. The number of rotatable bonds is 8. The van der Waals surface area contributed by atoms with Crippen LogP contribution in [-0.2, 0) is 4.74 Å². The van der Waals surface area contributed by atoms with Crippen LogP contribution in [0.15, 0.2) is 52.5 Å². The lowest BCUT2D eigenvalue weighted by Crippen LogP contribution is -2.08. The molecule has 0 amide bonds. The van der Waals surface area contributed by atoms with Crippen molar-refractivity contribution in [1.29, 1.82) is 0 Å². The molecule has 0 heterocycles. The Morgan fingerprint density at radius 1 is 1.29 bits per heavy atom. The average molecular weight is 391 g/mol. The lowest BCUT2D eigenvalue weighted by Gasteiger charge is -2.21. The minimum Gasteiger partial charge on any atom is -0.502 e. The summed E-state index contributed by atoms with van der Waals surface area (Å²) in [5, 5.41) is 3.18. The first-order valence-corrected chi connectivity index (χ1v) is 10.8. The average Bonchev–Trinajstić information content (AvgIpc) is 2.69. The summed E-state index contributed by atoms with van der Waals surface area (Å²) in [6, 6.07) is 0. The van der Waals surface area contributed by atoms with Crippen LogP contribution in [0.25, 0.3) is 0 Å². The van der Waals surface area contributed by atoms with E-state index in [-0.39, 0.29) is 0 Å². The summed E-state index contributed by atoms with van der Waals surface area (Å²) in [7, 11) is 1.69. The molecule has 1 atom stereocenters. The van der Waals surface area contributed by atoms with Crippen LogP contribution in [0.1, 0.15) is 87.5 Å². The summed E-state index contributed by atoms with van der Waals surface area (Å²) in [5.41, 5.74) is 4.91. The van der Waals surface area contributed by atoms with Crippen LogP contribution in [0.3, 0.4) is 0 Å². The molecule has 3 nitrogen and oxygen atoms in total. The van der Waals surface area contributed by atoms with E-state index in [4.69, 9.17) is 9.73 Å². The first-order valence-electron chi connectivity index (χ1n) is 10.8. The van der Waals surface area contributed by atoms with Crippen LogP contribution < -0.4 is 5.32 Å². The van der Waals surface area contributed by atoms with E-state index in [0.717, 1.165) is 36.4 Å². The molecular weight excluding hydrogens is 344 g/mol. The molecule has 1 N–H and O–H groups in total. The predicted molar refractivity (Wildman–Crippen MR) is 128 cm³/mol. The third-order valence-electron chi connectivity index (χ3n) is 4.49. The molecule has 162 valence electrons. The van der Waals surface area contributed by atoms with Gasteiger partial charge in [-0.2, -0.15) is 0 Å². The van der Waals surface area contributed by atoms with Crippen LogP contribution in [0, 0.1) is 5.92 Å². The molecule has 0 aromatic carbocycles. The normalized spacial score (nSPS) is 17.4. The van der Waals surface area contributed by atoms with Gasteiger partial charge in [0.05, 0.1) is 12.9 Å². The summed E-state index contributed by atoms with van der Waals surface area (Å²) >= 11 is 0. The number of methoxy groups -OCH3 is 1. The predicted octanol–water partition coefficient (Wildman–Crippen LogP) is 7.58. The Hall–Kier alpha value is -1.77. The van der Waals surface area contributed by atoms with Crippen LogP contribution in [0.2, 0.25) is 0 Å². The van der Waals surface area contributed by atoms with E-state index in [1.807, 2.05) is 46.9 Å². The van der Waals surface area contributed by atoms with Crippen molar-refractivity contribution in [3.63, 3.8) is 0 Å². The van der Waals surface area contributed by atoms with Gasteiger partial charge in [0.1, 0.15) is 0 Å². The maximum absolute atomic E-state index is 4.98. The molecule has 0 spiro atoms. The second-order valence-corrected chi connectivity index (χ2v) is 7.05. The molecule has 28 heavy (non-hydrogen) atoms. The van der Waals surface area contributed by atoms with Crippen LogP contribution in [0.5, 0.6) is 0 Å². The number of nitrogens with zero attached hydrogens (tertiary/aromatic N) is 1. The summed E-state index contributed by atoms with van der Waals surface area (Å²) in [6.07, 6.45) is 12.0. The van der Waals surface area contributed by atoms with Crippen LogP contribution >= 0.6 is 0 Å². The van der Waals surface area contributed by atoms with E-state index in [9.17, 15) is 0 Å². The second kappa shape index (κ2) is 18.6. The van der Waals surface area contributed by atoms with Gasteiger partial charge in [-0.05, 0) is 83.6 Å². The zero-order valence-electron chi connectivity index (χ0n) is 20.1. The van der Waals surface area contributed by atoms with E-state index < -0.39 is 0 Å². The van der Waals surface area contributed by atoms with Crippen LogP contribution in [0.4, 0.5) is 0 Å². The number of ether oxygens (including phenoxy) is 1. The number of hydrogen-bond donors (Lipinski definition) is 1. The Kier molecular flexibility index (Phi) is 18.9. The first-order chi connectivity index (χ1) is 13.3. The standard InChI is InChI=1S/C13H21N.C10H19NO.C2H6/c1-9(2)12(5)14-13-10(3)7-6-8-11(13)4;1-4-8-11-9-6-5-7-10(2)12-3;1-2/h10H,1,6-8H2,2-5H3;6-7,9,11H,4-5,8H2,1-3H3;1-2H3/b;9-6-,10-7+;. The third kappa shape index (κ3) is 14.3. The molecule has 0 saturated heterocycles. The highest BCUT2D eigenvalue weighted by atomic mass is 16.5. The van der Waals surface area contributed by atoms with Gasteiger partial charge in [0.2, 0.25) is 0 Å². The first kappa shape index (κ1) is 28.4. The molecule has 0 fully saturated rings. The molecule has 0 bridgehead atoms. The molecule has 0 saturated carbocycles. The minimum atomic E-state index is 0.623. The largest absolute Gasteiger partial charge is 0.502 e. The Bertz CT molecular complexity index is 539. The van der Waals surface area contributed by atoms with Gasteiger partial charge in [0, 0.05) is 18.0 Å². The lowest BCUT2D eigenvalue weighted by atomic mass is 9.89. The van der Waals surface area contributed by atoms with Crippen molar-refractivity contribution in [3.05, 3.63) is 47.5 Å². The van der Waals surface area contributed by atoms with E-state index in [2.05, 4.69) is 38.7 Å². The molecule has 3 heteroatoms. The zero-order valence-corrected chi connectivity index (χ0v) is 20.1.